The summed E-state index contributed by atoms with van der Waals surface area (Å²) in [6.45, 7) is 1.73. The molecule has 5 rings (SSSR count). The summed E-state index contributed by atoms with van der Waals surface area (Å²) in [6, 6.07) is 9.36. The Morgan fingerprint density at radius 2 is 1.84 bits per heavy atom. The number of carbonyl (C=O) groups excluding carboxylic acids is 2. The van der Waals surface area contributed by atoms with E-state index in [9.17, 15) is 28.6 Å². The minimum Gasteiger partial charge on any atom is -0.508 e. The van der Waals surface area contributed by atoms with E-state index in [-0.39, 0.29) is 43.0 Å². The van der Waals surface area contributed by atoms with E-state index in [2.05, 4.69) is 4.98 Å². The third-order valence-corrected chi connectivity index (χ3v) is 7.19. The Morgan fingerprint density at radius 1 is 1.14 bits per heavy atom. The number of fused-ring (bicyclic) bond motifs is 1. The van der Waals surface area contributed by atoms with Gasteiger partial charge in [0.1, 0.15) is 28.6 Å². The van der Waals surface area contributed by atoms with Crippen LogP contribution in [0.3, 0.4) is 0 Å². The number of methoxy groups -OCH3 is 1. The zero-order valence-corrected chi connectivity index (χ0v) is 20.8. The first kappa shape index (κ1) is 24.7. The van der Waals surface area contributed by atoms with Crippen LogP contribution in [0.2, 0.25) is 5.02 Å². The number of thiazole rings is 1. The first-order valence-corrected chi connectivity index (χ1v) is 12.0. The molecule has 0 bridgehead atoms. The number of phenols is 1. The normalized spacial score (nSPS) is 17.1. The number of aromatic nitrogens is 1. The fraction of sp³-hybridized carbons (Fsp3) is 0.115. The Balaban J connectivity index is 1.78. The van der Waals surface area contributed by atoms with E-state index >= 15 is 0 Å². The number of benzene rings is 3. The number of aryl methyl sites for hydroxylation is 1. The predicted octanol–water partition coefficient (Wildman–Crippen LogP) is 5.88. The summed E-state index contributed by atoms with van der Waals surface area (Å²) < 4.78 is 33.7. The highest BCUT2D eigenvalue weighted by Crippen LogP contribution is 2.46. The number of rotatable bonds is 4. The van der Waals surface area contributed by atoms with Gasteiger partial charge in [-0.1, -0.05) is 35.1 Å². The maximum absolute atomic E-state index is 14.4. The molecule has 2 N–H and O–H groups in total. The molecule has 0 spiro atoms. The molecule has 3 aromatic carbocycles. The number of hydrogen-bond donors (Lipinski definition) is 2. The van der Waals surface area contributed by atoms with Crippen molar-refractivity contribution in [3.8, 4) is 11.5 Å². The van der Waals surface area contributed by atoms with Crippen molar-refractivity contribution in [1.82, 2.24) is 4.98 Å². The number of amides is 1. The zero-order chi connectivity index (χ0) is 26.6. The van der Waals surface area contributed by atoms with E-state index in [1.54, 1.807) is 19.1 Å². The standard InChI is InChI=1S/C26H17ClF2N2O5S/c1-11-7-15(24(36-2)16(27)8-11)22(33)19-21(12-3-5-14(32)6-4-12)31(25(35)23(19)34)26-30-20-17(29)9-13(28)10-18(20)37-26/h3-10,21,32-33H,1-2H3/b22-19+. The Morgan fingerprint density at radius 3 is 2.51 bits per heavy atom. The number of carbonyl (C=O) groups is 2. The molecule has 1 aromatic heterocycles. The van der Waals surface area contributed by atoms with Crippen molar-refractivity contribution in [1.29, 1.82) is 0 Å². The summed E-state index contributed by atoms with van der Waals surface area (Å²) in [5.74, 6) is -4.31. The van der Waals surface area contributed by atoms with Gasteiger partial charge in [0.2, 0.25) is 0 Å². The van der Waals surface area contributed by atoms with Crippen LogP contribution in [0, 0.1) is 18.6 Å². The molecule has 1 fully saturated rings. The van der Waals surface area contributed by atoms with E-state index in [4.69, 9.17) is 16.3 Å². The fourth-order valence-corrected chi connectivity index (χ4v) is 5.69. The summed E-state index contributed by atoms with van der Waals surface area (Å²) in [6.07, 6.45) is 0. The van der Waals surface area contributed by atoms with E-state index in [1.807, 2.05) is 0 Å². The molecule has 11 heteroatoms. The lowest BCUT2D eigenvalue weighted by Crippen LogP contribution is -2.29. The van der Waals surface area contributed by atoms with Crippen LogP contribution in [-0.2, 0) is 9.59 Å². The van der Waals surface area contributed by atoms with Gasteiger partial charge in [-0.05, 0) is 48.4 Å². The van der Waals surface area contributed by atoms with E-state index in [0.29, 0.717) is 17.2 Å². The molecule has 7 nitrogen and oxygen atoms in total. The van der Waals surface area contributed by atoms with Crippen LogP contribution in [0.25, 0.3) is 16.0 Å². The van der Waals surface area contributed by atoms with Gasteiger partial charge < -0.3 is 14.9 Å². The predicted molar refractivity (Wildman–Crippen MR) is 135 cm³/mol. The zero-order valence-electron chi connectivity index (χ0n) is 19.3. The van der Waals surface area contributed by atoms with Crippen molar-refractivity contribution in [2.24, 2.45) is 0 Å². The van der Waals surface area contributed by atoms with E-state index in [0.717, 1.165) is 22.3 Å². The Bertz CT molecular complexity index is 1630. The van der Waals surface area contributed by atoms with E-state index < -0.39 is 35.1 Å². The quantitative estimate of drug-likeness (QED) is 0.190. The van der Waals surface area contributed by atoms with E-state index in [1.165, 1.54) is 31.4 Å². The second-order valence-corrected chi connectivity index (χ2v) is 9.74. The molecule has 1 unspecified atom stereocenters. The number of aromatic hydroxyl groups is 1. The summed E-state index contributed by atoms with van der Waals surface area (Å²) in [4.78, 5) is 31.9. The largest absolute Gasteiger partial charge is 0.508 e. The Kier molecular flexibility index (Phi) is 6.09. The smallest absolute Gasteiger partial charge is 0.301 e. The molecule has 37 heavy (non-hydrogen) atoms. The average Bonchev–Trinajstić information content (AvgIpc) is 3.37. The number of anilines is 1. The Hall–Kier alpha value is -4.02. The molecular formula is C26H17ClF2N2O5S. The third-order valence-electron chi connectivity index (χ3n) is 5.91. The lowest BCUT2D eigenvalue weighted by Gasteiger charge is -2.23. The summed E-state index contributed by atoms with van der Waals surface area (Å²) in [7, 11) is 1.35. The van der Waals surface area contributed by atoms with Crippen molar-refractivity contribution in [2.75, 3.05) is 12.0 Å². The number of Topliss-reactive ketones (excluding diaryl/α,β-unsaturated/α-hetero) is 1. The van der Waals surface area contributed by atoms with Crippen molar-refractivity contribution >= 4 is 55.7 Å². The van der Waals surface area contributed by atoms with Gasteiger partial charge in [0.25, 0.3) is 5.78 Å². The van der Waals surface area contributed by atoms with Crippen LogP contribution >= 0.6 is 22.9 Å². The summed E-state index contributed by atoms with van der Waals surface area (Å²) in [5, 5.41) is 21.3. The van der Waals surface area contributed by atoms with Crippen LogP contribution in [0.4, 0.5) is 13.9 Å². The van der Waals surface area contributed by atoms with Crippen molar-refractivity contribution < 1.29 is 33.3 Å². The molecule has 1 aliphatic rings. The highest BCUT2D eigenvalue weighted by molar-refractivity contribution is 7.22. The van der Waals surface area contributed by atoms with Gasteiger partial charge >= 0.3 is 5.91 Å². The van der Waals surface area contributed by atoms with Crippen molar-refractivity contribution in [3.63, 3.8) is 0 Å². The minimum absolute atomic E-state index is 0.0645. The minimum atomic E-state index is -1.21. The third kappa shape index (κ3) is 4.08. The Labute approximate surface area is 217 Å². The van der Waals surface area contributed by atoms with Crippen LogP contribution in [0.1, 0.15) is 22.7 Å². The van der Waals surface area contributed by atoms with Gasteiger partial charge in [0, 0.05) is 6.07 Å². The van der Waals surface area contributed by atoms with Gasteiger partial charge in [0.15, 0.2) is 10.9 Å². The number of phenolic OH excluding ortho intramolecular Hbond substituents is 1. The van der Waals surface area contributed by atoms with Crippen LogP contribution < -0.4 is 9.64 Å². The second-order valence-electron chi connectivity index (χ2n) is 8.32. The highest BCUT2D eigenvalue weighted by Gasteiger charge is 2.48. The van der Waals surface area contributed by atoms with Crippen LogP contribution in [0.15, 0.2) is 54.1 Å². The molecule has 1 amide bonds. The number of halogens is 3. The molecule has 0 saturated carbocycles. The molecule has 1 aliphatic heterocycles. The fourth-order valence-electron chi connectivity index (χ4n) is 4.31. The highest BCUT2D eigenvalue weighted by atomic mass is 35.5. The number of ether oxygens (including phenoxy) is 1. The molecule has 1 atom stereocenters. The van der Waals surface area contributed by atoms with Gasteiger partial charge in [0.05, 0.1) is 34.0 Å². The molecular weight excluding hydrogens is 526 g/mol. The summed E-state index contributed by atoms with van der Waals surface area (Å²) >= 11 is 7.11. The van der Waals surface area contributed by atoms with Crippen molar-refractivity contribution in [2.45, 2.75) is 13.0 Å². The SMILES string of the molecule is COc1c(Cl)cc(C)cc1/C(O)=C1\C(=O)C(=O)N(c2nc3c(F)cc(F)cc3s2)C1c1ccc(O)cc1. The number of ketones is 1. The van der Waals surface area contributed by atoms with Gasteiger partial charge in [-0.25, -0.2) is 13.8 Å². The van der Waals surface area contributed by atoms with Crippen molar-refractivity contribution in [3.05, 3.63) is 87.5 Å². The number of aliphatic hydroxyl groups is 1. The van der Waals surface area contributed by atoms with Crippen LogP contribution in [0.5, 0.6) is 11.5 Å². The maximum atomic E-state index is 14.4. The first-order valence-electron chi connectivity index (χ1n) is 10.8. The lowest BCUT2D eigenvalue weighted by atomic mass is 9.94. The molecule has 4 aromatic rings. The van der Waals surface area contributed by atoms with Gasteiger partial charge in [-0.3, -0.25) is 14.5 Å². The molecule has 1 saturated heterocycles. The number of nitrogens with zero attached hydrogens (tertiary/aromatic N) is 2. The first-order chi connectivity index (χ1) is 17.6. The molecule has 188 valence electrons. The summed E-state index contributed by atoms with van der Waals surface area (Å²) in [5.41, 5.74) is 0.641. The monoisotopic (exact) mass is 542 g/mol. The molecule has 2 heterocycles. The average molecular weight is 543 g/mol. The number of aliphatic hydroxyl groups excluding tert-OH is 1. The molecule has 0 aliphatic carbocycles. The van der Waals surface area contributed by atoms with Crippen LogP contribution in [-0.4, -0.2) is 34.0 Å². The molecule has 0 radical (unpaired) electrons. The topological polar surface area (TPSA) is 100.0 Å². The second kappa shape index (κ2) is 9.13. The maximum Gasteiger partial charge on any atom is 0.301 e. The van der Waals surface area contributed by atoms with Gasteiger partial charge in [-0.2, -0.15) is 0 Å². The number of hydrogen-bond acceptors (Lipinski definition) is 7. The lowest BCUT2D eigenvalue weighted by molar-refractivity contribution is -0.132. The van der Waals surface area contributed by atoms with Gasteiger partial charge in [-0.15, -0.1) is 0 Å².